The molecule has 18 heavy (non-hydrogen) atoms. The fourth-order valence-electron chi connectivity index (χ4n) is 1.67. The van der Waals surface area contributed by atoms with Gasteiger partial charge < -0.3 is 4.98 Å². The lowest BCUT2D eigenvalue weighted by Gasteiger charge is -1.99. The Morgan fingerprint density at radius 1 is 1.22 bits per heavy atom. The summed E-state index contributed by atoms with van der Waals surface area (Å²) in [5.74, 6) is -0.111. The smallest absolute Gasteiger partial charge is 0.274 e. The molecule has 2 heterocycles. The molecule has 6 nitrogen and oxygen atoms in total. The van der Waals surface area contributed by atoms with Crippen molar-refractivity contribution in [3.05, 3.63) is 48.4 Å². The van der Waals surface area contributed by atoms with E-state index in [0.29, 0.717) is 5.69 Å². The van der Waals surface area contributed by atoms with Gasteiger partial charge in [0.25, 0.3) is 5.91 Å². The van der Waals surface area contributed by atoms with E-state index in [9.17, 15) is 4.79 Å². The molecule has 0 fully saturated rings. The number of aromatic nitrogens is 4. The Labute approximate surface area is 102 Å². The first kappa shape index (κ1) is 10.4. The van der Waals surface area contributed by atoms with E-state index < -0.39 is 0 Å². The number of hydrogen-bond donors (Lipinski definition) is 2. The average molecular weight is 239 g/mol. The molecule has 2 aromatic heterocycles. The van der Waals surface area contributed by atoms with E-state index in [0.717, 1.165) is 10.9 Å². The van der Waals surface area contributed by atoms with Gasteiger partial charge in [0.1, 0.15) is 5.69 Å². The minimum absolute atomic E-state index is 0.182. The van der Waals surface area contributed by atoms with Gasteiger partial charge in [0, 0.05) is 10.9 Å². The van der Waals surface area contributed by atoms with Gasteiger partial charge in [0.15, 0.2) is 0 Å². The molecule has 1 aromatic carbocycles. The third kappa shape index (κ3) is 1.91. The van der Waals surface area contributed by atoms with Crippen LogP contribution in [0.2, 0.25) is 0 Å². The predicted molar refractivity (Wildman–Crippen MR) is 66.1 cm³/mol. The number of rotatable bonds is 2. The topological polar surface area (TPSA) is 83.6 Å². The van der Waals surface area contributed by atoms with Gasteiger partial charge in [0.05, 0.1) is 12.4 Å². The lowest BCUT2D eigenvalue weighted by atomic mass is 10.2. The van der Waals surface area contributed by atoms with Crippen LogP contribution in [0.4, 0.5) is 5.95 Å². The van der Waals surface area contributed by atoms with Gasteiger partial charge in [0.2, 0.25) is 5.95 Å². The van der Waals surface area contributed by atoms with E-state index >= 15 is 0 Å². The quantitative estimate of drug-likeness (QED) is 0.711. The Balaban J connectivity index is 1.88. The van der Waals surface area contributed by atoms with E-state index in [1.54, 1.807) is 6.07 Å². The van der Waals surface area contributed by atoms with Crippen LogP contribution in [0.25, 0.3) is 10.9 Å². The lowest BCUT2D eigenvalue weighted by molar-refractivity contribution is 0.102. The van der Waals surface area contributed by atoms with Crippen molar-refractivity contribution in [2.24, 2.45) is 0 Å². The molecule has 0 unspecified atom stereocenters. The maximum atomic E-state index is 11.9. The molecule has 1 amide bonds. The first-order chi connectivity index (χ1) is 8.83. The number of benzene rings is 1. The zero-order chi connectivity index (χ0) is 12.4. The number of amides is 1. The van der Waals surface area contributed by atoms with E-state index in [1.165, 1.54) is 12.4 Å². The van der Waals surface area contributed by atoms with Crippen molar-refractivity contribution in [1.29, 1.82) is 0 Å². The molecule has 0 saturated carbocycles. The standard InChI is InChI=1S/C12H9N5O/c18-11(16-12-13-5-6-14-17-12)10-7-8-3-1-2-4-9(8)15-10/h1-7,15H,(H,13,16,17,18). The van der Waals surface area contributed by atoms with E-state index in [1.807, 2.05) is 24.3 Å². The average Bonchev–Trinajstić information content (AvgIpc) is 2.84. The van der Waals surface area contributed by atoms with Crippen LogP contribution in [0.3, 0.4) is 0 Å². The number of aromatic amines is 1. The van der Waals surface area contributed by atoms with Crippen molar-refractivity contribution in [2.75, 3.05) is 5.32 Å². The molecule has 0 aliphatic heterocycles. The molecule has 0 bridgehead atoms. The molecule has 88 valence electrons. The number of hydrogen-bond acceptors (Lipinski definition) is 4. The van der Waals surface area contributed by atoms with Gasteiger partial charge in [-0.3, -0.25) is 10.1 Å². The van der Waals surface area contributed by atoms with Crippen molar-refractivity contribution in [3.63, 3.8) is 0 Å². The number of carbonyl (C=O) groups excluding carboxylic acids is 1. The zero-order valence-electron chi connectivity index (χ0n) is 9.29. The Hall–Kier alpha value is -2.76. The number of fused-ring (bicyclic) bond motifs is 1. The molecule has 0 aliphatic carbocycles. The number of nitrogens with one attached hydrogen (secondary N) is 2. The lowest BCUT2D eigenvalue weighted by Crippen LogP contribution is -2.14. The second kappa shape index (κ2) is 4.25. The van der Waals surface area contributed by atoms with Crippen molar-refractivity contribution in [1.82, 2.24) is 20.2 Å². The van der Waals surface area contributed by atoms with Gasteiger partial charge >= 0.3 is 0 Å². The number of anilines is 1. The minimum Gasteiger partial charge on any atom is -0.351 e. The molecule has 2 N–H and O–H groups in total. The van der Waals surface area contributed by atoms with Crippen LogP contribution >= 0.6 is 0 Å². The Kier molecular flexibility index (Phi) is 2.45. The molecular formula is C12H9N5O. The highest BCUT2D eigenvalue weighted by Crippen LogP contribution is 2.15. The SMILES string of the molecule is O=C(Nc1nccnn1)c1cc2ccccc2[nH]1. The third-order valence-corrected chi connectivity index (χ3v) is 2.48. The molecule has 0 aliphatic rings. The molecule has 6 heteroatoms. The minimum atomic E-state index is -0.292. The summed E-state index contributed by atoms with van der Waals surface area (Å²) < 4.78 is 0. The first-order valence-corrected chi connectivity index (χ1v) is 5.36. The summed E-state index contributed by atoms with van der Waals surface area (Å²) in [5.41, 5.74) is 1.37. The highest BCUT2D eigenvalue weighted by Gasteiger charge is 2.10. The highest BCUT2D eigenvalue weighted by atomic mass is 16.2. The number of H-pyrrole nitrogens is 1. The predicted octanol–water partition coefficient (Wildman–Crippen LogP) is 1.61. The van der Waals surface area contributed by atoms with Crippen molar-refractivity contribution in [2.45, 2.75) is 0 Å². The Bertz CT molecular complexity index is 659. The van der Waals surface area contributed by atoms with Crippen LogP contribution < -0.4 is 5.32 Å². The van der Waals surface area contributed by atoms with Crippen molar-refractivity contribution in [3.8, 4) is 0 Å². The largest absolute Gasteiger partial charge is 0.351 e. The molecular weight excluding hydrogens is 230 g/mol. The molecule has 0 saturated heterocycles. The number of carbonyl (C=O) groups is 1. The van der Waals surface area contributed by atoms with E-state index in [2.05, 4.69) is 25.5 Å². The molecule has 0 spiro atoms. The summed E-state index contributed by atoms with van der Waals surface area (Å²) in [6.45, 7) is 0. The van der Waals surface area contributed by atoms with Crippen LogP contribution in [0, 0.1) is 0 Å². The highest BCUT2D eigenvalue weighted by molar-refractivity contribution is 6.05. The maximum Gasteiger partial charge on any atom is 0.274 e. The van der Waals surface area contributed by atoms with Gasteiger partial charge in [-0.05, 0) is 12.1 Å². The second-order valence-corrected chi connectivity index (χ2v) is 3.69. The summed E-state index contributed by atoms with van der Waals surface area (Å²) >= 11 is 0. The number of para-hydroxylation sites is 1. The van der Waals surface area contributed by atoms with Crippen LogP contribution in [0.1, 0.15) is 10.5 Å². The molecule has 0 radical (unpaired) electrons. The van der Waals surface area contributed by atoms with Crippen molar-refractivity contribution < 1.29 is 4.79 Å². The van der Waals surface area contributed by atoms with E-state index in [-0.39, 0.29) is 11.9 Å². The summed E-state index contributed by atoms with van der Waals surface area (Å²) in [6.07, 6.45) is 2.91. The normalized spacial score (nSPS) is 10.4. The first-order valence-electron chi connectivity index (χ1n) is 5.36. The molecule has 0 atom stereocenters. The van der Waals surface area contributed by atoms with Crippen LogP contribution in [0.5, 0.6) is 0 Å². The van der Waals surface area contributed by atoms with Crippen molar-refractivity contribution >= 4 is 22.8 Å². The van der Waals surface area contributed by atoms with Crippen LogP contribution in [0.15, 0.2) is 42.7 Å². The third-order valence-electron chi connectivity index (χ3n) is 2.48. The fourth-order valence-corrected chi connectivity index (χ4v) is 1.67. The number of nitrogens with zero attached hydrogens (tertiary/aromatic N) is 3. The maximum absolute atomic E-state index is 11.9. The summed E-state index contributed by atoms with van der Waals surface area (Å²) in [7, 11) is 0. The van der Waals surface area contributed by atoms with Crippen LogP contribution in [-0.2, 0) is 0 Å². The summed E-state index contributed by atoms with van der Waals surface area (Å²) in [5, 5.41) is 10.9. The van der Waals surface area contributed by atoms with E-state index in [4.69, 9.17) is 0 Å². The van der Waals surface area contributed by atoms with Gasteiger partial charge in [-0.15, -0.1) is 5.10 Å². The zero-order valence-corrected chi connectivity index (χ0v) is 9.29. The Morgan fingerprint density at radius 3 is 2.89 bits per heavy atom. The van der Waals surface area contributed by atoms with Gasteiger partial charge in [-0.25, -0.2) is 4.98 Å². The van der Waals surface area contributed by atoms with Gasteiger partial charge in [-0.1, -0.05) is 18.2 Å². The fraction of sp³-hybridized carbons (Fsp3) is 0. The Morgan fingerprint density at radius 2 is 2.11 bits per heavy atom. The monoisotopic (exact) mass is 239 g/mol. The van der Waals surface area contributed by atoms with Crippen LogP contribution in [-0.4, -0.2) is 26.1 Å². The summed E-state index contributed by atoms with van der Waals surface area (Å²) in [4.78, 5) is 18.8. The summed E-state index contributed by atoms with van der Waals surface area (Å²) in [6, 6.07) is 9.45. The second-order valence-electron chi connectivity index (χ2n) is 3.69. The molecule has 3 rings (SSSR count). The molecule has 3 aromatic rings. The van der Waals surface area contributed by atoms with Gasteiger partial charge in [-0.2, -0.15) is 5.10 Å².